The highest BCUT2D eigenvalue weighted by Gasteiger charge is 2.29. The van der Waals surface area contributed by atoms with E-state index in [0.29, 0.717) is 36.0 Å². The SMILES string of the molecule is COc1ccc(OC)c2c1CN(Cc1ccc(C(=O)O)s1)CC2O. The number of nitrogens with zero attached hydrogens (tertiary/aromatic N) is 1. The summed E-state index contributed by atoms with van der Waals surface area (Å²) in [7, 11) is 3.19. The van der Waals surface area contributed by atoms with E-state index in [9.17, 15) is 9.90 Å². The zero-order valence-corrected chi connectivity index (χ0v) is 14.3. The van der Waals surface area contributed by atoms with E-state index >= 15 is 0 Å². The Labute approximate surface area is 143 Å². The maximum absolute atomic E-state index is 11.0. The van der Waals surface area contributed by atoms with Gasteiger partial charge in [-0.2, -0.15) is 0 Å². The number of hydrogen-bond acceptors (Lipinski definition) is 6. The number of carbonyl (C=O) groups is 1. The molecule has 0 aliphatic carbocycles. The molecule has 3 rings (SSSR count). The molecule has 1 aromatic carbocycles. The average Bonchev–Trinajstić information content (AvgIpc) is 3.02. The Morgan fingerprint density at radius 3 is 2.58 bits per heavy atom. The molecule has 2 N–H and O–H groups in total. The van der Waals surface area contributed by atoms with Gasteiger partial charge in [0.05, 0.1) is 20.3 Å². The minimum Gasteiger partial charge on any atom is -0.496 e. The average molecular weight is 349 g/mol. The normalized spacial score (nSPS) is 17.4. The monoisotopic (exact) mass is 349 g/mol. The van der Waals surface area contributed by atoms with Crippen LogP contribution in [0.4, 0.5) is 0 Å². The molecule has 2 heterocycles. The summed E-state index contributed by atoms with van der Waals surface area (Å²) >= 11 is 1.26. The second-order valence-electron chi connectivity index (χ2n) is 5.62. The molecule has 1 aromatic heterocycles. The van der Waals surface area contributed by atoms with E-state index in [-0.39, 0.29) is 0 Å². The number of rotatable bonds is 5. The largest absolute Gasteiger partial charge is 0.496 e. The summed E-state index contributed by atoms with van der Waals surface area (Å²) in [5, 5.41) is 19.6. The Morgan fingerprint density at radius 1 is 1.25 bits per heavy atom. The Kier molecular flexibility index (Phi) is 4.75. The van der Waals surface area contributed by atoms with E-state index in [4.69, 9.17) is 14.6 Å². The summed E-state index contributed by atoms with van der Waals surface area (Å²) in [5.74, 6) is 0.455. The molecule has 0 saturated carbocycles. The van der Waals surface area contributed by atoms with Crippen molar-refractivity contribution < 1.29 is 24.5 Å². The fourth-order valence-corrected chi connectivity index (χ4v) is 3.95. The first-order valence-electron chi connectivity index (χ1n) is 7.49. The number of methoxy groups -OCH3 is 2. The van der Waals surface area contributed by atoms with E-state index in [1.54, 1.807) is 26.4 Å². The molecule has 6 nitrogen and oxygen atoms in total. The van der Waals surface area contributed by atoms with Crippen LogP contribution in [0.5, 0.6) is 11.5 Å². The lowest BCUT2D eigenvalue weighted by Crippen LogP contribution is -2.33. The van der Waals surface area contributed by atoms with Gasteiger partial charge in [0.25, 0.3) is 0 Å². The highest BCUT2D eigenvalue weighted by Crippen LogP contribution is 2.39. The summed E-state index contributed by atoms with van der Waals surface area (Å²) in [4.78, 5) is 14.3. The van der Waals surface area contributed by atoms with Crippen LogP contribution in [0.15, 0.2) is 24.3 Å². The first kappa shape index (κ1) is 16.8. The third-order valence-electron chi connectivity index (χ3n) is 4.11. The molecule has 0 radical (unpaired) electrons. The van der Waals surface area contributed by atoms with Crippen molar-refractivity contribution in [3.63, 3.8) is 0 Å². The Morgan fingerprint density at radius 2 is 1.96 bits per heavy atom. The van der Waals surface area contributed by atoms with Crippen molar-refractivity contribution in [1.82, 2.24) is 4.90 Å². The van der Waals surface area contributed by atoms with Gasteiger partial charge in [0.15, 0.2) is 0 Å². The third-order valence-corrected chi connectivity index (χ3v) is 5.17. The number of benzene rings is 1. The first-order valence-corrected chi connectivity index (χ1v) is 8.31. The highest BCUT2D eigenvalue weighted by molar-refractivity contribution is 7.13. The lowest BCUT2D eigenvalue weighted by Gasteiger charge is -2.33. The molecule has 0 amide bonds. The molecule has 7 heteroatoms. The molecule has 1 atom stereocenters. The number of aliphatic hydroxyl groups excluding tert-OH is 1. The Bertz CT molecular complexity index is 757. The third kappa shape index (κ3) is 3.10. The van der Waals surface area contributed by atoms with Gasteiger partial charge in [-0.15, -0.1) is 11.3 Å². The smallest absolute Gasteiger partial charge is 0.345 e. The van der Waals surface area contributed by atoms with Crippen LogP contribution in [0, 0.1) is 0 Å². The number of thiophene rings is 1. The van der Waals surface area contributed by atoms with Gasteiger partial charge in [-0.25, -0.2) is 4.79 Å². The van der Waals surface area contributed by atoms with Crippen molar-refractivity contribution in [2.24, 2.45) is 0 Å². The van der Waals surface area contributed by atoms with Crippen molar-refractivity contribution in [2.75, 3.05) is 20.8 Å². The highest BCUT2D eigenvalue weighted by atomic mass is 32.1. The molecule has 0 spiro atoms. The molecular formula is C17H19NO5S. The van der Waals surface area contributed by atoms with Crippen LogP contribution in [-0.2, 0) is 13.1 Å². The summed E-state index contributed by atoms with van der Waals surface area (Å²) in [6.45, 7) is 1.64. The van der Waals surface area contributed by atoms with Crippen LogP contribution in [0.1, 0.15) is 31.8 Å². The fourth-order valence-electron chi connectivity index (χ4n) is 3.06. The lowest BCUT2D eigenvalue weighted by atomic mass is 9.95. The second-order valence-corrected chi connectivity index (χ2v) is 6.79. The minimum atomic E-state index is -0.915. The van der Waals surface area contributed by atoms with Crippen molar-refractivity contribution in [1.29, 1.82) is 0 Å². The van der Waals surface area contributed by atoms with Crippen LogP contribution in [0.25, 0.3) is 0 Å². The topological polar surface area (TPSA) is 79.2 Å². The Balaban J connectivity index is 1.86. The van der Waals surface area contributed by atoms with Crippen LogP contribution in [0.2, 0.25) is 0 Å². The molecule has 24 heavy (non-hydrogen) atoms. The summed E-state index contributed by atoms with van der Waals surface area (Å²) in [6.07, 6.45) is -0.683. The number of aliphatic hydroxyl groups is 1. The predicted octanol–water partition coefficient (Wildman–Crippen LogP) is 2.51. The van der Waals surface area contributed by atoms with Crippen LogP contribution in [-0.4, -0.2) is 41.8 Å². The number of β-amino-alcohol motifs (C(OH)–C–C–N with tert-alkyl or cyclic N) is 1. The van der Waals surface area contributed by atoms with E-state index in [1.165, 1.54) is 11.3 Å². The van der Waals surface area contributed by atoms with Crippen molar-refractivity contribution in [3.8, 4) is 11.5 Å². The standard InChI is InChI=1S/C17H19NO5S/c1-22-13-4-5-14(23-2)16-11(13)8-18(9-12(16)19)7-10-3-6-15(24-10)17(20)21/h3-6,12,19H,7-9H2,1-2H3,(H,20,21). The maximum Gasteiger partial charge on any atom is 0.345 e. The predicted molar refractivity (Wildman–Crippen MR) is 89.9 cm³/mol. The molecule has 1 unspecified atom stereocenters. The Hall–Kier alpha value is -2.09. The number of aromatic carboxylic acids is 1. The molecule has 0 saturated heterocycles. The fraction of sp³-hybridized carbons (Fsp3) is 0.353. The zero-order valence-electron chi connectivity index (χ0n) is 13.5. The lowest BCUT2D eigenvalue weighted by molar-refractivity contribution is 0.0702. The van der Waals surface area contributed by atoms with Gasteiger partial charge in [0.2, 0.25) is 0 Å². The number of hydrogen-bond donors (Lipinski definition) is 2. The molecule has 1 aliphatic heterocycles. The number of carboxylic acids is 1. The van der Waals surface area contributed by atoms with E-state index < -0.39 is 12.1 Å². The van der Waals surface area contributed by atoms with Gasteiger partial charge < -0.3 is 19.7 Å². The van der Waals surface area contributed by atoms with Crippen molar-refractivity contribution >= 4 is 17.3 Å². The number of carboxylic acid groups (broad SMARTS) is 1. The van der Waals surface area contributed by atoms with Crippen LogP contribution < -0.4 is 9.47 Å². The quantitative estimate of drug-likeness (QED) is 0.863. The van der Waals surface area contributed by atoms with E-state index in [0.717, 1.165) is 16.0 Å². The van der Waals surface area contributed by atoms with Crippen LogP contribution in [0.3, 0.4) is 0 Å². The van der Waals surface area contributed by atoms with Gasteiger partial charge >= 0.3 is 5.97 Å². The molecule has 1 aliphatic rings. The van der Waals surface area contributed by atoms with Gasteiger partial charge in [-0.1, -0.05) is 0 Å². The van der Waals surface area contributed by atoms with Gasteiger partial charge in [0.1, 0.15) is 16.4 Å². The molecular weight excluding hydrogens is 330 g/mol. The number of ether oxygens (including phenoxy) is 2. The zero-order chi connectivity index (χ0) is 17.3. The van der Waals surface area contributed by atoms with Gasteiger partial charge in [-0.3, -0.25) is 4.90 Å². The summed E-state index contributed by atoms with van der Waals surface area (Å²) < 4.78 is 10.8. The van der Waals surface area contributed by atoms with Gasteiger partial charge in [-0.05, 0) is 24.3 Å². The number of fused-ring (bicyclic) bond motifs is 1. The van der Waals surface area contributed by atoms with Gasteiger partial charge in [0, 0.05) is 35.6 Å². The van der Waals surface area contributed by atoms with Crippen molar-refractivity contribution in [2.45, 2.75) is 19.2 Å². The summed E-state index contributed by atoms with van der Waals surface area (Å²) in [5.41, 5.74) is 1.68. The second kappa shape index (κ2) is 6.80. The van der Waals surface area contributed by atoms with E-state index in [1.807, 2.05) is 12.1 Å². The molecule has 128 valence electrons. The van der Waals surface area contributed by atoms with Crippen LogP contribution >= 0.6 is 11.3 Å². The minimum absolute atomic E-state index is 0.321. The maximum atomic E-state index is 11.0. The summed E-state index contributed by atoms with van der Waals surface area (Å²) in [6, 6.07) is 7.07. The first-order chi connectivity index (χ1) is 11.5. The molecule has 2 aromatic rings. The van der Waals surface area contributed by atoms with E-state index in [2.05, 4.69) is 4.90 Å². The van der Waals surface area contributed by atoms with Crippen molar-refractivity contribution in [3.05, 3.63) is 45.1 Å². The molecule has 0 bridgehead atoms. The molecule has 0 fully saturated rings.